The molecular weight excluding hydrogens is 268 g/mol. The van der Waals surface area contributed by atoms with Gasteiger partial charge in [-0.1, -0.05) is 12.1 Å². The molecule has 1 aromatic carbocycles. The second kappa shape index (κ2) is 6.37. The highest BCUT2D eigenvalue weighted by Crippen LogP contribution is 2.25. The fourth-order valence-corrected chi connectivity index (χ4v) is 3.17. The summed E-state index contributed by atoms with van der Waals surface area (Å²) in [6.07, 6.45) is 3.41. The molecule has 1 unspecified atom stereocenters. The summed E-state index contributed by atoms with van der Waals surface area (Å²) in [5, 5.41) is 6.86. The van der Waals surface area contributed by atoms with Crippen molar-refractivity contribution >= 4 is 17.0 Å². The van der Waals surface area contributed by atoms with Gasteiger partial charge in [-0.3, -0.25) is 0 Å². The number of hydrogen-bond donors (Lipinski definition) is 1. The lowest BCUT2D eigenvalue weighted by Crippen LogP contribution is -2.19. The van der Waals surface area contributed by atoms with Gasteiger partial charge in [0, 0.05) is 35.9 Å². The monoisotopic (exact) mass is 288 g/mol. The van der Waals surface area contributed by atoms with Gasteiger partial charge in [-0.05, 0) is 38.3 Å². The van der Waals surface area contributed by atoms with Crippen LogP contribution in [0.15, 0.2) is 29.6 Å². The first-order chi connectivity index (χ1) is 9.81. The van der Waals surface area contributed by atoms with Gasteiger partial charge in [0.1, 0.15) is 0 Å². The summed E-state index contributed by atoms with van der Waals surface area (Å²) < 4.78 is 5.51. The highest BCUT2D eigenvalue weighted by atomic mass is 32.1. The van der Waals surface area contributed by atoms with E-state index in [4.69, 9.17) is 4.74 Å². The third kappa shape index (κ3) is 3.38. The van der Waals surface area contributed by atoms with Crippen molar-refractivity contribution in [1.82, 2.24) is 4.98 Å². The van der Waals surface area contributed by atoms with Crippen LogP contribution in [0.5, 0.6) is 0 Å². The Hall–Kier alpha value is -1.39. The predicted octanol–water partition coefficient (Wildman–Crippen LogP) is 4.10. The molecule has 20 heavy (non-hydrogen) atoms. The lowest BCUT2D eigenvalue weighted by atomic mass is 10.1. The molecule has 1 saturated heterocycles. The van der Waals surface area contributed by atoms with Crippen molar-refractivity contribution in [3.8, 4) is 11.3 Å². The number of thiazole rings is 1. The number of rotatable bonds is 3. The van der Waals surface area contributed by atoms with E-state index in [2.05, 4.69) is 39.9 Å². The first-order valence-electron chi connectivity index (χ1n) is 7.18. The zero-order valence-corrected chi connectivity index (χ0v) is 12.6. The smallest absolute Gasteiger partial charge is 0.0901 e. The van der Waals surface area contributed by atoms with E-state index in [1.807, 2.05) is 6.92 Å². The third-order valence-corrected chi connectivity index (χ3v) is 4.37. The van der Waals surface area contributed by atoms with E-state index >= 15 is 0 Å². The van der Waals surface area contributed by atoms with Gasteiger partial charge in [0.2, 0.25) is 0 Å². The van der Waals surface area contributed by atoms with Crippen LogP contribution in [0.3, 0.4) is 0 Å². The third-order valence-electron chi connectivity index (χ3n) is 3.60. The molecule has 1 fully saturated rings. The Morgan fingerprint density at radius 1 is 1.30 bits per heavy atom. The molecule has 0 saturated carbocycles. The van der Waals surface area contributed by atoms with Crippen LogP contribution in [0.2, 0.25) is 0 Å². The Morgan fingerprint density at radius 2 is 2.25 bits per heavy atom. The van der Waals surface area contributed by atoms with Crippen LogP contribution in [0, 0.1) is 6.92 Å². The van der Waals surface area contributed by atoms with Crippen LogP contribution in [0.25, 0.3) is 11.3 Å². The van der Waals surface area contributed by atoms with E-state index in [0.29, 0.717) is 6.04 Å². The summed E-state index contributed by atoms with van der Waals surface area (Å²) in [6, 6.07) is 9.06. The van der Waals surface area contributed by atoms with Gasteiger partial charge >= 0.3 is 0 Å². The van der Waals surface area contributed by atoms with Gasteiger partial charge in [-0.15, -0.1) is 11.3 Å². The van der Waals surface area contributed by atoms with Crippen molar-refractivity contribution in [2.75, 3.05) is 18.5 Å². The molecule has 0 amide bonds. The second-order valence-corrected chi connectivity index (χ2v) is 6.28. The van der Waals surface area contributed by atoms with Crippen LogP contribution in [-0.2, 0) is 4.74 Å². The van der Waals surface area contributed by atoms with Crippen LogP contribution in [0.4, 0.5) is 5.69 Å². The Kier molecular flexibility index (Phi) is 4.33. The molecule has 0 aliphatic carbocycles. The maximum Gasteiger partial charge on any atom is 0.0901 e. The quantitative estimate of drug-likeness (QED) is 0.923. The fourth-order valence-electron chi connectivity index (χ4n) is 2.55. The van der Waals surface area contributed by atoms with Gasteiger partial charge in [0.05, 0.1) is 10.7 Å². The largest absolute Gasteiger partial charge is 0.382 e. The summed E-state index contributed by atoms with van der Waals surface area (Å²) in [5.74, 6) is 0. The highest BCUT2D eigenvalue weighted by molar-refractivity contribution is 7.09. The fraction of sp³-hybridized carbons (Fsp3) is 0.438. The topological polar surface area (TPSA) is 34.2 Å². The van der Waals surface area contributed by atoms with Crippen molar-refractivity contribution in [2.24, 2.45) is 0 Å². The average molecular weight is 288 g/mol. The second-order valence-electron chi connectivity index (χ2n) is 5.22. The van der Waals surface area contributed by atoms with Crippen molar-refractivity contribution in [2.45, 2.75) is 32.2 Å². The molecule has 106 valence electrons. The van der Waals surface area contributed by atoms with Gasteiger partial charge in [-0.2, -0.15) is 0 Å². The molecule has 1 atom stereocenters. The van der Waals surface area contributed by atoms with Crippen LogP contribution < -0.4 is 5.32 Å². The zero-order chi connectivity index (χ0) is 13.8. The molecule has 3 nitrogen and oxygen atoms in total. The first-order valence-corrected chi connectivity index (χ1v) is 8.06. The van der Waals surface area contributed by atoms with E-state index in [1.165, 1.54) is 17.7 Å². The molecule has 1 aliphatic rings. The zero-order valence-electron chi connectivity index (χ0n) is 11.8. The van der Waals surface area contributed by atoms with E-state index in [9.17, 15) is 0 Å². The molecule has 1 aliphatic heterocycles. The van der Waals surface area contributed by atoms with Crippen LogP contribution >= 0.6 is 11.3 Å². The number of aryl methyl sites for hydroxylation is 1. The van der Waals surface area contributed by atoms with E-state index in [-0.39, 0.29) is 0 Å². The number of benzene rings is 1. The number of ether oxygens (including phenoxy) is 1. The molecule has 2 heterocycles. The number of nitrogens with zero attached hydrogens (tertiary/aromatic N) is 1. The van der Waals surface area contributed by atoms with Gasteiger partial charge in [-0.25, -0.2) is 4.98 Å². The normalized spacial score (nSPS) is 19.6. The number of aromatic nitrogens is 1. The van der Waals surface area contributed by atoms with Gasteiger partial charge < -0.3 is 10.1 Å². The first kappa shape index (κ1) is 13.6. The van der Waals surface area contributed by atoms with E-state index < -0.39 is 0 Å². The van der Waals surface area contributed by atoms with E-state index in [1.54, 1.807) is 11.3 Å². The number of hydrogen-bond acceptors (Lipinski definition) is 4. The maximum atomic E-state index is 5.51. The molecule has 1 aromatic heterocycles. The SMILES string of the molecule is Cc1nc(-c2cccc(NC3CCCOCC3)c2)cs1. The highest BCUT2D eigenvalue weighted by Gasteiger charge is 2.12. The molecule has 0 bridgehead atoms. The summed E-state index contributed by atoms with van der Waals surface area (Å²) in [6.45, 7) is 3.81. The lowest BCUT2D eigenvalue weighted by Gasteiger charge is -2.17. The maximum absolute atomic E-state index is 5.51. The summed E-state index contributed by atoms with van der Waals surface area (Å²) in [5.41, 5.74) is 3.43. The number of anilines is 1. The molecule has 0 spiro atoms. The molecule has 2 aromatic rings. The Bertz CT molecular complexity index is 559. The average Bonchev–Trinajstić information content (AvgIpc) is 2.73. The predicted molar refractivity (Wildman–Crippen MR) is 84.4 cm³/mol. The van der Waals surface area contributed by atoms with Crippen molar-refractivity contribution < 1.29 is 4.74 Å². The Balaban J connectivity index is 1.73. The minimum absolute atomic E-state index is 0.518. The molecule has 1 N–H and O–H groups in total. The molecule has 4 heteroatoms. The molecule has 3 rings (SSSR count). The van der Waals surface area contributed by atoms with Crippen molar-refractivity contribution in [3.05, 3.63) is 34.7 Å². The minimum Gasteiger partial charge on any atom is -0.382 e. The Labute approximate surface area is 124 Å². The Morgan fingerprint density at radius 3 is 3.10 bits per heavy atom. The standard InChI is InChI=1S/C16H20N2OS/c1-12-17-16(11-20-12)13-4-2-5-15(10-13)18-14-6-3-8-19-9-7-14/h2,4-5,10-11,14,18H,3,6-9H2,1H3. The summed E-state index contributed by atoms with van der Waals surface area (Å²) in [7, 11) is 0. The van der Waals surface area contributed by atoms with Crippen LogP contribution in [-0.4, -0.2) is 24.2 Å². The van der Waals surface area contributed by atoms with Crippen molar-refractivity contribution in [1.29, 1.82) is 0 Å². The van der Waals surface area contributed by atoms with Crippen LogP contribution in [0.1, 0.15) is 24.3 Å². The molecular formula is C16H20N2OS. The van der Waals surface area contributed by atoms with Gasteiger partial charge in [0.25, 0.3) is 0 Å². The lowest BCUT2D eigenvalue weighted by molar-refractivity contribution is 0.144. The van der Waals surface area contributed by atoms with Crippen molar-refractivity contribution in [3.63, 3.8) is 0 Å². The summed E-state index contributed by atoms with van der Waals surface area (Å²) >= 11 is 1.70. The van der Waals surface area contributed by atoms with Gasteiger partial charge in [0.15, 0.2) is 0 Å². The molecule has 0 radical (unpaired) electrons. The minimum atomic E-state index is 0.518. The summed E-state index contributed by atoms with van der Waals surface area (Å²) in [4.78, 5) is 4.55. The van der Waals surface area contributed by atoms with E-state index in [0.717, 1.165) is 36.8 Å². The number of nitrogens with one attached hydrogen (secondary N) is 1.